The Morgan fingerprint density at radius 2 is 2.39 bits per heavy atom. The molecule has 18 heavy (non-hydrogen) atoms. The number of esters is 1. The van der Waals surface area contributed by atoms with Crippen molar-refractivity contribution >= 4 is 49.3 Å². The molecule has 0 saturated carbocycles. The van der Waals surface area contributed by atoms with Gasteiger partial charge in [-0.2, -0.15) is 0 Å². The number of alkyl halides is 1. The van der Waals surface area contributed by atoms with Gasteiger partial charge >= 0.3 is 5.97 Å². The fourth-order valence-electron chi connectivity index (χ4n) is 1.60. The topological polar surface area (TPSA) is 65.0 Å². The Labute approximate surface area is 120 Å². The van der Waals surface area contributed by atoms with Gasteiger partial charge in [-0.1, -0.05) is 21.1 Å². The molecule has 2 unspecified atom stereocenters. The van der Waals surface area contributed by atoms with Crippen LogP contribution in [-0.4, -0.2) is 34.5 Å². The Kier molecular flexibility index (Phi) is 3.72. The molecule has 2 aliphatic rings. The largest absolute Gasteiger partial charge is 0.461 e. The lowest BCUT2D eigenvalue weighted by Gasteiger charge is -2.25. The number of hydrogen-bond donors (Lipinski definition) is 0. The van der Waals surface area contributed by atoms with Gasteiger partial charge in [0.05, 0.1) is 11.1 Å². The van der Waals surface area contributed by atoms with Crippen LogP contribution in [0.2, 0.25) is 0 Å². The predicted molar refractivity (Wildman–Crippen MR) is 71.8 cm³/mol. The van der Waals surface area contributed by atoms with Crippen molar-refractivity contribution in [3.8, 4) is 0 Å². The number of nitrogens with zero attached hydrogens (tertiary/aromatic N) is 1. The molecule has 0 amide bonds. The highest BCUT2D eigenvalue weighted by Gasteiger charge is 2.49. The molecule has 1 aliphatic heterocycles. The van der Waals surface area contributed by atoms with Gasteiger partial charge in [0.2, 0.25) is 0 Å². The normalized spacial score (nSPS) is 29.9. The molecule has 7 heteroatoms. The first-order valence-electron chi connectivity index (χ1n) is 5.19. The van der Waals surface area contributed by atoms with Crippen LogP contribution in [0.25, 0.3) is 0 Å². The lowest BCUT2D eigenvalue weighted by molar-refractivity contribution is -0.135. The zero-order valence-corrected chi connectivity index (χ0v) is 12.5. The number of allylic oxidation sites excluding steroid dienone is 2. The van der Waals surface area contributed by atoms with Crippen LogP contribution in [0.5, 0.6) is 0 Å². The van der Waals surface area contributed by atoms with E-state index < -0.39 is 16.4 Å². The number of carbonyl (C=O) groups excluding carboxylic acids is 2. The van der Waals surface area contributed by atoms with Crippen molar-refractivity contribution < 1.29 is 19.2 Å². The first kappa shape index (κ1) is 13.5. The summed E-state index contributed by atoms with van der Waals surface area (Å²) in [6.45, 7) is 1.97. The summed E-state index contributed by atoms with van der Waals surface area (Å²) < 4.78 is 5.25. The highest BCUT2D eigenvalue weighted by molar-refractivity contribution is 9.12. The number of carbonyl (C=O) groups is 2. The van der Waals surface area contributed by atoms with E-state index in [1.54, 1.807) is 19.1 Å². The van der Waals surface area contributed by atoms with Crippen molar-refractivity contribution in [3.05, 3.63) is 22.7 Å². The van der Waals surface area contributed by atoms with Gasteiger partial charge in [0.25, 0.3) is 0 Å². The fraction of sp³-hybridized carbons (Fsp3) is 0.364. The molecule has 1 spiro atoms. The molecular formula is C11H9Br2NO4. The van der Waals surface area contributed by atoms with Crippen molar-refractivity contribution in [2.24, 2.45) is 5.16 Å². The van der Waals surface area contributed by atoms with Crippen LogP contribution in [0.4, 0.5) is 0 Å². The second-order valence-electron chi connectivity index (χ2n) is 3.69. The highest BCUT2D eigenvalue weighted by atomic mass is 79.9. The molecule has 2 rings (SSSR count). The lowest BCUT2D eigenvalue weighted by atomic mass is 9.92. The third-order valence-electron chi connectivity index (χ3n) is 2.51. The summed E-state index contributed by atoms with van der Waals surface area (Å²) in [5.74, 6) is -0.695. The van der Waals surface area contributed by atoms with Gasteiger partial charge in [-0.05, 0) is 41.1 Å². The van der Waals surface area contributed by atoms with Gasteiger partial charge in [0, 0.05) is 0 Å². The van der Waals surface area contributed by atoms with E-state index >= 15 is 0 Å². The molecule has 2 atom stereocenters. The maximum atomic E-state index is 11.6. The average molecular weight is 379 g/mol. The molecule has 0 N–H and O–H groups in total. The van der Waals surface area contributed by atoms with Crippen molar-refractivity contribution in [3.63, 3.8) is 0 Å². The molecule has 0 aromatic carbocycles. The second-order valence-corrected chi connectivity index (χ2v) is 5.46. The zero-order valence-electron chi connectivity index (χ0n) is 9.35. The Morgan fingerprint density at radius 3 is 3.00 bits per heavy atom. The van der Waals surface area contributed by atoms with E-state index in [0.717, 1.165) is 0 Å². The van der Waals surface area contributed by atoms with E-state index in [1.807, 2.05) is 0 Å². The molecule has 96 valence electrons. The first-order chi connectivity index (χ1) is 8.50. The van der Waals surface area contributed by atoms with E-state index in [0.29, 0.717) is 4.48 Å². The molecule has 0 saturated heterocycles. The van der Waals surface area contributed by atoms with Crippen molar-refractivity contribution in [2.45, 2.75) is 17.4 Å². The van der Waals surface area contributed by atoms with Gasteiger partial charge in [0.15, 0.2) is 17.1 Å². The van der Waals surface area contributed by atoms with Crippen LogP contribution in [0.3, 0.4) is 0 Å². The number of hydrogen-bond acceptors (Lipinski definition) is 5. The predicted octanol–water partition coefficient (Wildman–Crippen LogP) is 1.86. The molecule has 5 nitrogen and oxygen atoms in total. The minimum atomic E-state index is -0.963. The first-order valence-corrected chi connectivity index (χ1v) is 6.90. The maximum Gasteiger partial charge on any atom is 0.357 e. The number of rotatable bonds is 2. The molecule has 0 radical (unpaired) electrons. The Bertz CT molecular complexity index is 497. The fourth-order valence-corrected chi connectivity index (χ4v) is 2.73. The van der Waals surface area contributed by atoms with Gasteiger partial charge < -0.3 is 9.57 Å². The van der Waals surface area contributed by atoms with Crippen LogP contribution in [0, 0.1) is 0 Å². The van der Waals surface area contributed by atoms with Gasteiger partial charge in [0.1, 0.15) is 4.83 Å². The van der Waals surface area contributed by atoms with E-state index in [9.17, 15) is 9.59 Å². The molecule has 1 heterocycles. The Hall–Kier alpha value is -0.950. The SMILES string of the molecule is CCOC(=O)C1=NOC2(C=CC(=O)C(Br)=C2)C1Br. The summed E-state index contributed by atoms with van der Waals surface area (Å²) in [6.07, 6.45) is 4.52. The molecule has 1 aliphatic carbocycles. The standard InChI is InChI=1S/C11H9Br2NO4/c1-2-17-10(16)8-9(13)11(18-14-8)4-3-7(15)6(12)5-11/h3-5,9H,2H2,1H3. The van der Waals surface area contributed by atoms with Crippen molar-refractivity contribution in [1.29, 1.82) is 0 Å². The minimum Gasteiger partial charge on any atom is -0.461 e. The van der Waals surface area contributed by atoms with Crippen LogP contribution in [-0.2, 0) is 19.2 Å². The van der Waals surface area contributed by atoms with Crippen LogP contribution in [0.1, 0.15) is 6.92 Å². The third-order valence-corrected chi connectivity index (χ3v) is 4.27. The summed E-state index contributed by atoms with van der Waals surface area (Å²) in [5, 5.41) is 3.74. The van der Waals surface area contributed by atoms with Crippen LogP contribution in [0.15, 0.2) is 27.9 Å². The molecule has 0 fully saturated rings. The summed E-state index contributed by atoms with van der Waals surface area (Å²) in [7, 11) is 0. The summed E-state index contributed by atoms with van der Waals surface area (Å²) >= 11 is 6.50. The van der Waals surface area contributed by atoms with E-state index in [4.69, 9.17) is 9.57 Å². The quantitative estimate of drug-likeness (QED) is 0.543. The monoisotopic (exact) mass is 377 g/mol. The Balaban J connectivity index is 2.25. The van der Waals surface area contributed by atoms with Gasteiger partial charge in [-0.3, -0.25) is 4.79 Å². The zero-order chi connectivity index (χ0) is 13.3. The smallest absolute Gasteiger partial charge is 0.357 e. The Morgan fingerprint density at radius 1 is 1.67 bits per heavy atom. The second kappa shape index (κ2) is 4.97. The third kappa shape index (κ3) is 2.16. The van der Waals surface area contributed by atoms with E-state index in [1.165, 1.54) is 6.08 Å². The summed E-state index contributed by atoms with van der Waals surface area (Å²) in [6, 6.07) is 0. The van der Waals surface area contributed by atoms with Gasteiger partial charge in [-0.25, -0.2) is 4.79 Å². The van der Waals surface area contributed by atoms with Crippen LogP contribution >= 0.6 is 31.9 Å². The van der Waals surface area contributed by atoms with E-state index in [-0.39, 0.29) is 18.1 Å². The summed E-state index contributed by atoms with van der Waals surface area (Å²) in [4.78, 5) is 27.8. The maximum absolute atomic E-state index is 11.6. The number of halogens is 2. The number of ether oxygens (including phenoxy) is 1. The van der Waals surface area contributed by atoms with E-state index in [2.05, 4.69) is 37.0 Å². The molecular weight excluding hydrogens is 370 g/mol. The highest BCUT2D eigenvalue weighted by Crippen LogP contribution is 2.37. The summed E-state index contributed by atoms with van der Waals surface area (Å²) in [5.41, 5.74) is -0.818. The molecule has 0 aromatic heterocycles. The lowest BCUT2D eigenvalue weighted by Crippen LogP contribution is -2.40. The number of oxime groups is 1. The van der Waals surface area contributed by atoms with Crippen LogP contribution < -0.4 is 0 Å². The van der Waals surface area contributed by atoms with Crippen molar-refractivity contribution in [1.82, 2.24) is 0 Å². The molecule has 0 bridgehead atoms. The average Bonchev–Trinajstić information content (AvgIpc) is 2.63. The van der Waals surface area contributed by atoms with Crippen molar-refractivity contribution in [2.75, 3.05) is 6.61 Å². The number of ketones is 1. The molecule has 0 aromatic rings. The van der Waals surface area contributed by atoms with Gasteiger partial charge in [-0.15, -0.1) is 0 Å². The minimum absolute atomic E-state index is 0.146.